The summed E-state index contributed by atoms with van der Waals surface area (Å²) in [5.41, 5.74) is 6.60. The predicted octanol–water partition coefficient (Wildman–Crippen LogP) is 6.39. The number of anilines is 2. The number of rotatable bonds is 8. The van der Waals surface area contributed by atoms with Gasteiger partial charge in [0, 0.05) is 22.4 Å². The molecule has 0 saturated heterocycles. The zero-order valence-electron chi connectivity index (χ0n) is 18.0. The molecule has 0 aliphatic heterocycles. The Bertz CT molecular complexity index is 1230. The molecule has 1 N–H and O–H groups in total. The lowest BCUT2D eigenvalue weighted by atomic mass is 9.83. The summed E-state index contributed by atoms with van der Waals surface area (Å²) in [6, 6.07) is 16.6. The van der Waals surface area contributed by atoms with Crippen LogP contribution in [0.3, 0.4) is 0 Å². The molecule has 0 saturated carbocycles. The molecule has 0 bridgehead atoms. The van der Waals surface area contributed by atoms with Crippen molar-refractivity contribution >= 4 is 22.9 Å². The lowest BCUT2D eigenvalue weighted by Crippen LogP contribution is -2.22. The number of ketones is 2. The van der Waals surface area contributed by atoms with Crippen molar-refractivity contribution < 1.29 is 9.59 Å². The highest BCUT2D eigenvalue weighted by Gasteiger charge is 2.31. The maximum atomic E-state index is 13.4. The zero-order chi connectivity index (χ0) is 22.7. The quantitative estimate of drug-likeness (QED) is 0.337. The first-order valence-electron chi connectivity index (χ1n) is 10.6. The predicted molar refractivity (Wildman–Crippen MR) is 131 cm³/mol. The minimum atomic E-state index is -0.142. The van der Waals surface area contributed by atoms with Crippen molar-refractivity contribution in [2.45, 2.75) is 19.3 Å². The first kappa shape index (κ1) is 21.3. The molecule has 3 aromatic rings. The maximum absolute atomic E-state index is 13.4. The SMILES string of the molecule is C=CCc1cc(CC=C)c(Nc2cccc3c2C(=O)c2ccccc2C3=O)c(CC=C)c1. The van der Waals surface area contributed by atoms with E-state index in [0.29, 0.717) is 40.8 Å². The lowest BCUT2D eigenvalue weighted by molar-refractivity contribution is 0.0979. The largest absolute Gasteiger partial charge is 0.354 e. The first-order chi connectivity index (χ1) is 15.6. The molecule has 3 nitrogen and oxygen atoms in total. The van der Waals surface area contributed by atoms with E-state index < -0.39 is 0 Å². The van der Waals surface area contributed by atoms with Gasteiger partial charge in [0.25, 0.3) is 0 Å². The summed E-state index contributed by atoms with van der Waals surface area (Å²) in [5.74, 6) is -0.269. The van der Waals surface area contributed by atoms with E-state index in [2.05, 4.69) is 37.2 Å². The third kappa shape index (κ3) is 3.74. The Morgan fingerprint density at radius 2 is 1.25 bits per heavy atom. The van der Waals surface area contributed by atoms with Gasteiger partial charge in [-0.25, -0.2) is 0 Å². The van der Waals surface area contributed by atoms with Gasteiger partial charge in [-0.2, -0.15) is 0 Å². The number of carbonyl (C=O) groups is 2. The van der Waals surface area contributed by atoms with Crippen LogP contribution in [-0.2, 0) is 19.3 Å². The Hall–Kier alpha value is -3.98. The number of carbonyl (C=O) groups excluding carboxylic acids is 2. The zero-order valence-corrected chi connectivity index (χ0v) is 18.0. The summed E-state index contributed by atoms with van der Waals surface area (Å²) < 4.78 is 0. The van der Waals surface area contributed by atoms with Gasteiger partial charge in [-0.15, -0.1) is 19.7 Å². The highest BCUT2D eigenvalue weighted by atomic mass is 16.1. The molecule has 0 atom stereocenters. The van der Waals surface area contributed by atoms with E-state index in [9.17, 15) is 9.59 Å². The van der Waals surface area contributed by atoms with Crippen LogP contribution in [-0.4, -0.2) is 11.6 Å². The minimum absolute atomic E-state index is 0.127. The molecule has 4 rings (SSSR count). The van der Waals surface area contributed by atoms with Gasteiger partial charge in [0.1, 0.15) is 0 Å². The fourth-order valence-electron chi connectivity index (χ4n) is 4.30. The molecule has 1 aliphatic rings. The average molecular weight is 420 g/mol. The van der Waals surface area contributed by atoms with Crippen molar-refractivity contribution in [1.82, 2.24) is 0 Å². The van der Waals surface area contributed by atoms with E-state index in [1.165, 1.54) is 0 Å². The first-order valence-corrected chi connectivity index (χ1v) is 10.6. The Morgan fingerprint density at radius 3 is 1.84 bits per heavy atom. The second kappa shape index (κ2) is 9.03. The van der Waals surface area contributed by atoms with Crippen molar-refractivity contribution in [2.24, 2.45) is 0 Å². The van der Waals surface area contributed by atoms with Crippen LogP contribution in [0.1, 0.15) is 48.5 Å². The third-order valence-electron chi connectivity index (χ3n) is 5.68. The van der Waals surface area contributed by atoms with Crippen LogP contribution < -0.4 is 5.32 Å². The highest BCUT2D eigenvalue weighted by Crippen LogP contribution is 2.36. The van der Waals surface area contributed by atoms with Crippen LogP contribution in [0.2, 0.25) is 0 Å². The molecule has 0 spiro atoms. The van der Waals surface area contributed by atoms with Crippen LogP contribution in [0, 0.1) is 0 Å². The molecule has 3 heteroatoms. The van der Waals surface area contributed by atoms with Crippen LogP contribution in [0.5, 0.6) is 0 Å². The summed E-state index contributed by atoms with van der Waals surface area (Å²) in [7, 11) is 0. The Balaban J connectivity index is 1.86. The molecule has 0 fully saturated rings. The van der Waals surface area contributed by atoms with Gasteiger partial charge >= 0.3 is 0 Å². The maximum Gasteiger partial charge on any atom is 0.196 e. The molecular weight excluding hydrogens is 394 g/mol. The average Bonchev–Trinajstić information content (AvgIpc) is 2.80. The topological polar surface area (TPSA) is 46.2 Å². The van der Waals surface area contributed by atoms with Crippen LogP contribution in [0.15, 0.2) is 92.6 Å². The van der Waals surface area contributed by atoms with E-state index in [1.807, 2.05) is 30.4 Å². The minimum Gasteiger partial charge on any atom is -0.354 e. The van der Waals surface area contributed by atoms with Gasteiger partial charge in [-0.3, -0.25) is 9.59 Å². The molecule has 0 unspecified atom stereocenters. The highest BCUT2D eigenvalue weighted by molar-refractivity contribution is 6.30. The van der Waals surface area contributed by atoms with E-state index in [4.69, 9.17) is 0 Å². The number of hydrogen-bond acceptors (Lipinski definition) is 3. The summed E-state index contributed by atoms with van der Waals surface area (Å²) in [4.78, 5) is 26.5. The summed E-state index contributed by atoms with van der Waals surface area (Å²) in [6.07, 6.45) is 7.71. The molecule has 0 aromatic heterocycles. The van der Waals surface area contributed by atoms with Crippen LogP contribution in [0.25, 0.3) is 0 Å². The molecule has 3 aromatic carbocycles. The number of fused-ring (bicyclic) bond motifs is 2. The van der Waals surface area contributed by atoms with E-state index in [1.54, 1.807) is 30.3 Å². The second-order valence-electron chi connectivity index (χ2n) is 7.82. The lowest BCUT2D eigenvalue weighted by Gasteiger charge is -2.23. The summed E-state index contributed by atoms with van der Waals surface area (Å²) >= 11 is 0. The van der Waals surface area contributed by atoms with Gasteiger partial charge in [-0.05, 0) is 42.0 Å². The fourth-order valence-corrected chi connectivity index (χ4v) is 4.30. The fraction of sp³-hybridized carbons (Fsp3) is 0.103. The summed E-state index contributed by atoms with van der Waals surface area (Å²) in [6.45, 7) is 11.7. The molecule has 0 heterocycles. The molecule has 1 aliphatic carbocycles. The van der Waals surface area contributed by atoms with Crippen LogP contribution in [0.4, 0.5) is 11.4 Å². The van der Waals surface area contributed by atoms with Crippen molar-refractivity contribution in [3.8, 4) is 0 Å². The van der Waals surface area contributed by atoms with E-state index in [0.717, 1.165) is 28.8 Å². The van der Waals surface area contributed by atoms with Crippen molar-refractivity contribution in [2.75, 3.05) is 5.32 Å². The number of allylic oxidation sites excluding steroid dienone is 3. The molecule has 32 heavy (non-hydrogen) atoms. The van der Waals surface area contributed by atoms with Crippen molar-refractivity contribution in [3.63, 3.8) is 0 Å². The van der Waals surface area contributed by atoms with Gasteiger partial charge in [-0.1, -0.05) is 66.8 Å². The molecule has 0 amide bonds. The number of hydrogen-bond donors (Lipinski definition) is 1. The summed E-state index contributed by atoms with van der Waals surface area (Å²) in [5, 5.41) is 3.50. The van der Waals surface area contributed by atoms with E-state index in [-0.39, 0.29) is 11.6 Å². The van der Waals surface area contributed by atoms with Gasteiger partial charge in [0.2, 0.25) is 0 Å². The second-order valence-corrected chi connectivity index (χ2v) is 7.82. The Labute approximate surface area is 188 Å². The van der Waals surface area contributed by atoms with Gasteiger partial charge in [0.15, 0.2) is 11.6 Å². The van der Waals surface area contributed by atoms with Gasteiger partial charge < -0.3 is 5.32 Å². The van der Waals surface area contributed by atoms with Crippen LogP contribution >= 0.6 is 0 Å². The molecule has 158 valence electrons. The standard InChI is InChI=1S/C29H25NO2/c1-4-10-19-17-20(11-5-2)27(21(18-19)12-6-3)30-25-16-9-15-24-26(25)29(32)23-14-8-7-13-22(23)28(24)31/h4-9,13-18,30H,1-3,10-12H2. The Morgan fingerprint density at radius 1 is 0.688 bits per heavy atom. The van der Waals surface area contributed by atoms with E-state index >= 15 is 0 Å². The smallest absolute Gasteiger partial charge is 0.196 e. The van der Waals surface area contributed by atoms with Crippen molar-refractivity contribution in [3.05, 3.63) is 132 Å². The molecular formula is C29H25NO2. The van der Waals surface area contributed by atoms with Crippen molar-refractivity contribution in [1.29, 1.82) is 0 Å². The number of nitrogens with one attached hydrogen (secondary N) is 1. The Kier molecular flexibility index (Phi) is 6.00. The van der Waals surface area contributed by atoms with Gasteiger partial charge in [0.05, 0.1) is 11.3 Å². The number of benzene rings is 3. The molecule has 0 radical (unpaired) electrons. The normalized spacial score (nSPS) is 12.0. The third-order valence-corrected chi connectivity index (χ3v) is 5.68. The monoisotopic (exact) mass is 419 g/mol.